The zero-order chi connectivity index (χ0) is 19.2. The van der Waals surface area contributed by atoms with E-state index in [-0.39, 0.29) is 5.91 Å². The third kappa shape index (κ3) is 4.73. The van der Waals surface area contributed by atoms with Crippen molar-refractivity contribution in [3.05, 3.63) is 58.7 Å². The zero-order valence-electron chi connectivity index (χ0n) is 15.0. The van der Waals surface area contributed by atoms with Crippen molar-refractivity contribution in [2.24, 2.45) is 0 Å². The Bertz CT molecular complexity index is 993. The standard InChI is InChI=1S/C20H18N4OS2/c1-13-14(2)27-20(16(13)11-21)24-18(25)8-9-26-19-10-17(22-12-23-19)15-6-4-3-5-7-15/h3-7,10,12H,8-9H2,1-2H3,(H,24,25). The second kappa shape index (κ2) is 8.80. The summed E-state index contributed by atoms with van der Waals surface area (Å²) in [6.07, 6.45) is 1.89. The van der Waals surface area contributed by atoms with E-state index in [0.717, 1.165) is 26.7 Å². The normalized spacial score (nSPS) is 10.4. The number of rotatable bonds is 6. The van der Waals surface area contributed by atoms with E-state index in [2.05, 4.69) is 21.4 Å². The molecule has 2 heterocycles. The highest BCUT2D eigenvalue weighted by atomic mass is 32.2. The van der Waals surface area contributed by atoms with Crippen LogP contribution in [0.15, 0.2) is 47.8 Å². The molecule has 0 saturated carbocycles. The van der Waals surface area contributed by atoms with E-state index in [0.29, 0.717) is 22.7 Å². The van der Waals surface area contributed by atoms with E-state index >= 15 is 0 Å². The number of aromatic nitrogens is 2. The van der Waals surface area contributed by atoms with Crippen molar-refractivity contribution >= 4 is 34.0 Å². The number of nitrogens with one attached hydrogen (secondary N) is 1. The van der Waals surface area contributed by atoms with Crippen molar-refractivity contribution in [1.82, 2.24) is 9.97 Å². The molecule has 0 radical (unpaired) electrons. The molecule has 1 amide bonds. The minimum absolute atomic E-state index is 0.0995. The van der Waals surface area contributed by atoms with Crippen molar-refractivity contribution in [1.29, 1.82) is 5.26 Å². The third-order valence-electron chi connectivity index (χ3n) is 4.04. The number of aryl methyl sites for hydroxylation is 1. The predicted molar refractivity (Wildman–Crippen MR) is 110 cm³/mol. The lowest BCUT2D eigenvalue weighted by Crippen LogP contribution is -2.12. The topological polar surface area (TPSA) is 78.7 Å². The average molecular weight is 395 g/mol. The number of anilines is 1. The molecular formula is C20H18N4OS2. The molecule has 0 atom stereocenters. The summed E-state index contributed by atoms with van der Waals surface area (Å²) in [5.41, 5.74) is 3.39. The third-order valence-corrected chi connectivity index (χ3v) is 6.09. The Hall–Kier alpha value is -2.69. The number of nitriles is 1. The van der Waals surface area contributed by atoms with Gasteiger partial charge in [0.15, 0.2) is 0 Å². The monoisotopic (exact) mass is 394 g/mol. The molecule has 1 N–H and O–H groups in total. The molecule has 0 aliphatic rings. The first-order chi connectivity index (χ1) is 13.1. The number of amides is 1. The van der Waals surface area contributed by atoms with Gasteiger partial charge in [0.2, 0.25) is 5.91 Å². The molecule has 0 spiro atoms. The average Bonchev–Trinajstić information content (AvgIpc) is 2.95. The van der Waals surface area contributed by atoms with Crippen LogP contribution in [0.25, 0.3) is 11.3 Å². The van der Waals surface area contributed by atoms with Gasteiger partial charge in [-0.1, -0.05) is 30.3 Å². The Balaban J connectivity index is 1.57. The van der Waals surface area contributed by atoms with Crippen LogP contribution in [-0.2, 0) is 4.79 Å². The van der Waals surface area contributed by atoms with E-state index in [4.69, 9.17) is 0 Å². The molecule has 3 aromatic rings. The first kappa shape index (κ1) is 19.1. The van der Waals surface area contributed by atoms with Crippen LogP contribution in [-0.4, -0.2) is 21.6 Å². The maximum atomic E-state index is 12.2. The van der Waals surface area contributed by atoms with Crippen LogP contribution in [0.2, 0.25) is 0 Å². The molecule has 0 unspecified atom stereocenters. The van der Waals surface area contributed by atoms with Crippen LogP contribution in [0, 0.1) is 25.2 Å². The van der Waals surface area contributed by atoms with E-state index in [1.807, 2.05) is 50.2 Å². The van der Waals surface area contributed by atoms with Gasteiger partial charge in [-0.2, -0.15) is 5.26 Å². The smallest absolute Gasteiger partial charge is 0.225 e. The molecule has 0 saturated heterocycles. The lowest BCUT2D eigenvalue weighted by atomic mass is 10.1. The number of hydrogen-bond acceptors (Lipinski definition) is 6. The van der Waals surface area contributed by atoms with Gasteiger partial charge < -0.3 is 5.32 Å². The maximum absolute atomic E-state index is 12.2. The molecule has 1 aromatic carbocycles. The van der Waals surface area contributed by atoms with Gasteiger partial charge in [0.1, 0.15) is 17.4 Å². The van der Waals surface area contributed by atoms with Crippen LogP contribution in [0.5, 0.6) is 0 Å². The molecule has 0 bridgehead atoms. The lowest BCUT2D eigenvalue weighted by molar-refractivity contribution is -0.115. The van der Waals surface area contributed by atoms with Crippen molar-refractivity contribution in [3.8, 4) is 17.3 Å². The van der Waals surface area contributed by atoms with Gasteiger partial charge in [-0.15, -0.1) is 23.1 Å². The molecule has 0 fully saturated rings. The molecule has 0 aliphatic heterocycles. The predicted octanol–water partition coefficient (Wildman–Crippen LogP) is 4.81. The Morgan fingerprint density at radius 2 is 2.04 bits per heavy atom. The fourth-order valence-electron chi connectivity index (χ4n) is 2.47. The van der Waals surface area contributed by atoms with Crippen molar-refractivity contribution < 1.29 is 4.79 Å². The molecule has 27 heavy (non-hydrogen) atoms. The SMILES string of the molecule is Cc1sc(NC(=O)CCSc2cc(-c3ccccc3)ncn2)c(C#N)c1C. The highest BCUT2D eigenvalue weighted by Crippen LogP contribution is 2.31. The summed E-state index contributed by atoms with van der Waals surface area (Å²) in [6, 6.07) is 14.0. The highest BCUT2D eigenvalue weighted by molar-refractivity contribution is 7.99. The van der Waals surface area contributed by atoms with Gasteiger partial charge in [-0.05, 0) is 25.5 Å². The van der Waals surface area contributed by atoms with Gasteiger partial charge >= 0.3 is 0 Å². The quantitative estimate of drug-likeness (QED) is 0.479. The molecular weight excluding hydrogens is 376 g/mol. The lowest BCUT2D eigenvalue weighted by Gasteiger charge is -2.05. The van der Waals surface area contributed by atoms with E-state index < -0.39 is 0 Å². The van der Waals surface area contributed by atoms with Crippen LogP contribution < -0.4 is 5.32 Å². The molecule has 0 aliphatic carbocycles. The Labute approximate surface area is 166 Å². The minimum Gasteiger partial charge on any atom is -0.317 e. The largest absolute Gasteiger partial charge is 0.317 e. The Morgan fingerprint density at radius 3 is 2.78 bits per heavy atom. The summed E-state index contributed by atoms with van der Waals surface area (Å²) in [5.74, 6) is 0.500. The summed E-state index contributed by atoms with van der Waals surface area (Å²) < 4.78 is 0. The van der Waals surface area contributed by atoms with Crippen molar-refractivity contribution in [2.45, 2.75) is 25.3 Å². The van der Waals surface area contributed by atoms with Crippen LogP contribution in [0.3, 0.4) is 0 Å². The first-order valence-electron chi connectivity index (χ1n) is 8.38. The van der Waals surface area contributed by atoms with Crippen LogP contribution in [0.1, 0.15) is 22.4 Å². The number of hydrogen-bond donors (Lipinski definition) is 1. The van der Waals surface area contributed by atoms with E-state index in [1.54, 1.807) is 6.33 Å². The van der Waals surface area contributed by atoms with Crippen molar-refractivity contribution in [3.63, 3.8) is 0 Å². The van der Waals surface area contributed by atoms with Crippen molar-refractivity contribution in [2.75, 3.05) is 11.1 Å². The number of carbonyl (C=O) groups excluding carboxylic acids is 1. The summed E-state index contributed by atoms with van der Waals surface area (Å²) in [4.78, 5) is 21.8. The summed E-state index contributed by atoms with van der Waals surface area (Å²) >= 11 is 2.95. The van der Waals surface area contributed by atoms with Gasteiger partial charge in [-0.3, -0.25) is 4.79 Å². The van der Waals surface area contributed by atoms with Gasteiger partial charge in [-0.25, -0.2) is 9.97 Å². The zero-order valence-corrected chi connectivity index (χ0v) is 16.7. The molecule has 5 nitrogen and oxygen atoms in total. The first-order valence-corrected chi connectivity index (χ1v) is 10.2. The van der Waals surface area contributed by atoms with Crippen LogP contribution >= 0.6 is 23.1 Å². The highest BCUT2D eigenvalue weighted by Gasteiger charge is 2.14. The van der Waals surface area contributed by atoms with E-state index in [9.17, 15) is 10.1 Å². The maximum Gasteiger partial charge on any atom is 0.225 e. The second-order valence-electron chi connectivity index (χ2n) is 5.85. The minimum atomic E-state index is -0.0995. The fraction of sp³-hybridized carbons (Fsp3) is 0.200. The second-order valence-corrected chi connectivity index (χ2v) is 8.19. The van der Waals surface area contributed by atoms with E-state index in [1.165, 1.54) is 23.1 Å². The number of benzene rings is 1. The number of nitrogens with zero attached hydrogens (tertiary/aromatic N) is 3. The Morgan fingerprint density at radius 1 is 1.26 bits per heavy atom. The molecule has 7 heteroatoms. The number of carbonyl (C=O) groups is 1. The number of thiophene rings is 1. The molecule has 136 valence electrons. The van der Waals surface area contributed by atoms with Gasteiger partial charge in [0, 0.05) is 22.6 Å². The van der Waals surface area contributed by atoms with Crippen LogP contribution in [0.4, 0.5) is 5.00 Å². The summed E-state index contributed by atoms with van der Waals surface area (Å²) in [6.45, 7) is 3.85. The Kier molecular flexibility index (Phi) is 6.22. The fourth-order valence-corrected chi connectivity index (χ4v) is 4.31. The molecule has 3 rings (SSSR count). The molecule has 2 aromatic heterocycles. The summed E-state index contributed by atoms with van der Waals surface area (Å²) in [7, 11) is 0. The summed E-state index contributed by atoms with van der Waals surface area (Å²) in [5, 5.41) is 13.6. The van der Waals surface area contributed by atoms with Gasteiger partial charge in [0.05, 0.1) is 16.3 Å². The van der Waals surface area contributed by atoms with Gasteiger partial charge in [0.25, 0.3) is 0 Å². The number of thioether (sulfide) groups is 1.